The van der Waals surface area contributed by atoms with Crippen molar-refractivity contribution in [3.63, 3.8) is 0 Å². The highest BCUT2D eigenvalue weighted by molar-refractivity contribution is 6.31. The number of likely N-dealkylation sites (tertiary alicyclic amines) is 1. The molecule has 6 nitrogen and oxygen atoms in total. The third-order valence-electron chi connectivity index (χ3n) is 5.48. The molecule has 1 aliphatic rings. The van der Waals surface area contributed by atoms with Crippen molar-refractivity contribution < 1.29 is 14.3 Å². The predicted molar refractivity (Wildman–Crippen MR) is 119 cm³/mol. The molecule has 30 heavy (non-hydrogen) atoms. The number of amides is 2. The number of carbonyl (C=O) groups is 2. The van der Waals surface area contributed by atoms with Crippen LogP contribution in [0.4, 0.5) is 10.5 Å². The molecule has 0 bridgehead atoms. The van der Waals surface area contributed by atoms with Crippen LogP contribution in [0.3, 0.4) is 0 Å². The number of benzene rings is 2. The first-order valence-corrected chi connectivity index (χ1v) is 10.6. The predicted octanol–water partition coefficient (Wildman–Crippen LogP) is 4.37. The van der Waals surface area contributed by atoms with Gasteiger partial charge in [-0.3, -0.25) is 4.79 Å². The summed E-state index contributed by atoms with van der Waals surface area (Å²) in [6.45, 7) is 5.69. The maximum atomic E-state index is 13.2. The Balaban J connectivity index is 1.61. The molecule has 2 amide bonds. The lowest BCUT2D eigenvalue weighted by Crippen LogP contribution is -2.60. The number of ether oxygens (including phenoxy) is 1. The average Bonchev–Trinajstić information content (AvgIpc) is 2.76. The lowest BCUT2D eigenvalue weighted by atomic mass is 9.86. The smallest absolute Gasteiger partial charge is 0.410 e. The zero-order valence-electron chi connectivity index (χ0n) is 17.4. The Morgan fingerprint density at radius 2 is 1.83 bits per heavy atom. The summed E-state index contributed by atoms with van der Waals surface area (Å²) in [5.41, 5.74) is 1.86. The summed E-state index contributed by atoms with van der Waals surface area (Å²) in [5.74, 6) is -0.105. The normalized spacial score (nSPS) is 15.5. The first kappa shape index (κ1) is 22.1. The maximum absolute atomic E-state index is 13.2. The van der Waals surface area contributed by atoms with Crippen molar-refractivity contribution in [3.05, 3.63) is 64.7 Å². The van der Waals surface area contributed by atoms with Gasteiger partial charge < -0.3 is 20.3 Å². The fraction of sp³-hybridized carbons (Fsp3) is 0.391. The number of hydrogen-bond acceptors (Lipinski definition) is 4. The number of anilines is 1. The van der Waals surface area contributed by atoms with Gasteiger partial charge in [-0.15, -0.1) is 0 Å². The van der Waals surface area contributed by atoms with E-state index >= 15 is 0 Å². The third-order valence-corrected chi connectivity index (χ3v) is 5.71. The molecule has 1 saturated heterocycles. The molecule has 0 unspecified atom stereocenters. The number of likely N-dealkylation sites (N-methyl/N-ethyl adjacent to an activating group) is 1. The van der Waals surface area contributed by atoms with Crippen molar-refractivity contribution in [2.45, 2.75) is 38.8 Å². The Labute approximate surface area is 182 Å². The Bertz CT molecular complexity index is 881. The van der Waals surface area contributed by atoms with Crippen molar-refractivity contribution in [2.75, 3.05) is 25.0 Å². The topological polar surface area (TPSA) is 70.7 Å². The average molecular weight is 430 g/mol. The highest BCUT2D eigenvalue weighted by Crippen LogP contribution is 2.27. The quantitative estimate of drug-likeness (QED) is 0.715. The summed E-state index contributed by atoms with van der Waals surface area (Å²) in [4.78, 5) is 27.3. The van der Waals surface area contributed by atoms with Gasteiger partial charge in [-0.1, -0.05) is 54.9 Å². The number of piperidine rings is 1. The van der Waals surface area contributed by atoms with E-state index in [0.717, 1.165) is 11.1 Å². The molecule has 1 heterocycles. The van der Waals surface area contributed by atoms with Gasteiger partial charge in [0.05, 0.1) is 0 Å². The molecule has 0 aromatic heterocycles. The number of carbonyl (C=O) groups excluding carboxylic acids is 2. The van der Waals surface area contributed by atoms with E-state index < -0.39 is 5.54 Å². The SMILES string of the molecule is CCNC1(C(=O)Nc2cc(Cl)ccc2C)CCN(C(=O)OCc2ccccc2)CC1. The summed E-state index contributed by atoms with van der Waals surface area (Å²) in [6.07, 6.45) is 0.662. The minimum Gasteiger partial charge on any atom is -0.445 e. The van der Waals surface area contributed by atoms with Crippen LogP contribution in [0, 0.1) is 6.92 Å². The van der Waals surface area contributed by atoms with E-state index in [4.69, 9.17) is 16.3 Å². The lowest BCUT2D eigenvalue weighted by Gasteiger charge is -2.40. The molecule has 2 aromatic carbocycles. The zero-order valence-corrected chi connectivity index (χ0v) is 18.2. The molecule has 0 aliphatic carbocycles. The van der Waals surface area contributed by atoms with Gasteiger partial charge in [0.2, 0.25) is 5.91 Å². The Hall–Kier alpha value is -2.57. The van der Waals surface area contributed by atoms with E-state index in [-0.39, 0.29) is 18.6 Å². The van der Waals surface area contributed by atoms with Gasteiger partial charge in [0.25, 0.3) is 0 Å². The van der Waals surface area contributed by atoms with Crippen molar-refractivity contribution in [1.29, 1.82) is 0 Å². The number of aryl methyl sites for hydroxylation is 1. The molecular weight excluding hydrogens is 402 g/mol. The third kappa shape index (κ3) is 5.32. The molecule has 2 N–H and O–H groups in total. The summed E-state index contributed by atoms with van der Waals surface area (Å²) in [5, 5.41) is 6.94. The zero-order chi connectivity index (χ0) is 21.6. The van der Waals surface area contributed by atoms with Crippen molar-refractivity contribution >= 4 is 29.3 Å². The Morgan fingerprint density at radius 3 is 2.50 bits per heavy atom. The maximum Gasteiger partial charge on any atom is 0.410 e. The number of nitrogens with one attached hydrogen (secondary N) is 2. The minimum absolute atomic E-state index is 0.105. The fourth-order valence-electron chi connectivity index (χ4n) is 3.67. The molecule has 1 fully saturated rings. The first-order chi connectivity index (χ1) is 14.4. The van der Waals surface area contributed by atoms with Gasteiger partial charge in [-0.25, -0.2) is 4.79 Å². The van der Waals surface area contributed by atoms with Gasteiger partial charge in [-0.2, -0.15) is 0 Å². The number of hydrogen-bond donors (Lipinski definition) is 2. The highest BCUT2D eigenvalue weighted by Gasteiger charge is 2.42. The molecule has 0 atom stereocenters. The number of rotatable bonds is 6. The van der Waals surface area contributed by atoms with Gasteiger partial charge in [0.1, 0.15) is 12.1 Å². The molecule has 0 radical (unpaired) electrons. The van der Waals surface area contributed by atoms with Crippen LogP contribution in [-0.2, 0) is 16.1 Å². The highest BCUT2D eigenvalue weighted by atomic mass is 35.5. The Morgan fingerprint density at radius 1 is 1.13 bits per heavy atom. The van der Waals surface area contributed by atoms with Crippen LogP contribution in [0.15, 0.2) is 48.5 Å². The van der Waals surface area contributed by atoms with E-state index in [2.05, 4.69) is 10.6 Å². The van der Waals surface area contributed by atoms with Gasteiger partial charge in [0.15, 0.2) is 0 Å². The van der Waals surface area contributed by atoms with Gasteiger partial charge in [-0.05, 0) is 49.6 Å². The number of halogens is 1. The van der Waals surface area contributed by atoms with Crippen LogP contribution >= 0.6 is 11.6 Å². The number of nitrogens with zero attached hydrogens (tertiary/aromatic N) is 1. The van der Waals surface area contributed by atoms with Crippen LogP contribution in [0.5, 0.6) is 0 Å². The summed E-state index contributed by atoms with van der Waals surface area (Å²) in [6, 6.07) is 15.0. The lowest BCUT2D eigenvalue weighted by molar-refractivity contribution is -0.124. The van der Waals surface area contributed by atoms with Crippen LogP contribution in [-0.4, -0.2) is 42.1 Å². The second kappa shape index (κ2) is 9.96. The minimum atomic E-state index is -0.736. The second-order valence-corrected chi connectivity index (χ2v) is 7.99. The van der Waals surface area contributed by atoms with Crippen molar-refractivity contribution in [1.82, 2.24) is 10.2 Å². The molecule has 1 aliphatic heterocycles. The molecule has 3 rings (SSSR count). The summed E-state index contributed by atoms with van der Waals surface area (Å²) in [7, 11) is 0. The van der Waals surface area contributed by atoms with Gasteiger partial charge >= 0.3 is 6.09 Å². The molecule has 0 spiro atoms. The summed E-state index contributed by atoms with van der Waals surface area (Å²) >= 11 is 6.08. The van der Waals surface area contributed by atoms with Crippen LogP contribution in [0.2, 0.25) is 5.02 Å². The monoisotopic (exact) mass is 429 g/mol. The fourth-order valence-corrected chi connectivity index (χ4v) is 3.85. The second-order valence-electron chi connectivity index (χ2n) is 7.55. The van der Waals surface area contributed by atoms with E-state index in [1.54, 1.807) is 17.0 Å². The van der Waals surface area contributed by atoms with E-state index in [1.807, 2.05) is 50.2 Å². The Kier molecular flexibility index (Phi) is 7.34. The largest absolute Gasteiger partial charge is 0.445 e. The van der Waals surface area contributed by atoms with Crippen molar-refractivity contribution in [3.8, 4) is 0 Å². The summed E-state index contributed by atoms with van der Waals surface area (Å²) < 4.78 is 5.43. The van der Waals surface area contributed by atoms with E-state index in [0.29, 0.717) is 43.2 Å². The van der Waals surface area contributed by atoms with Gasteiger partial charge in [0, 0.05) is 23.8 Å². The molecule has 2 aromatic rings. The van der Waals surface area contributed by atoms with Crippen LogP contribution in [0.1, 0.15) is 30.9 Å². The molecule has 0 saturated carbocycles. The first-order valence-electron chi connectivity index (χ1n) is 10.2. The molecule has 7 heteroatoms. The standard InChI is InChI=1S/C23H28ClN3O3/c1-3-25-23(21(28)26-20-15-19(24)10-9-17(20)2)11-13-27(14-12-23)22(29)30-16-18-7-5-4-6-8-18/h4-10,15,25H,3,11-14,16H2,1-2H3,(H,26,28). The van der Waals surface area contributed by atoms with E-state index in [9.17, 15) is 9.59 Å². The van der Waals surface area contributed by atoms with Crippen LogP contribution < -0.4 is 10.6 Å². The molecule has 160 valence electrons. The molecular formula is C23H28ClN3O3. The van der Waals surface area contributed by atoms with Crippen LogP contribution in [0.25, 0.3) is 0 Å². The van der Waals surface area contributed by atoms with E-state index in [1.165, 1.54) is 0 Å². The van der Waals surface area contributed by atoms with Crippen molar-refractivity contribution in [2.24, 2.45) is 0 Å².